The average Bonchev–Trinajstić information content (AvgIpc) is 2.07. The van der Waals surface area contributed by atoms with Crippen LogP contribution in [0.2, 0.25) is 5.02 Å². The van der Waals surface area contributed by atoms with Crippen LogP contribution in [0.1, 0.15) is 5.56 Å². The quantitative estimate of drug-likeness (QED) is 0.308. The Morgan fingerprint density at radius 1 is 1.58 bits per heavy atom. The number of hydrogen-bond donors (Lipinski definition) is 1. The van der Waals surface area contributed by atoms with E-state index < -0.39 is 0 Å². The largest absolute Gasteiger partial charge is 0.398 e. The summed E-state index contributed by atoms with van der Waals surface area (Å²) in [6, 6.07) is 3.24. The lowest BCUT2D eigenvalue weighted by Gasteiger charge is -2.04. The SMILES string of the molecule is Cc1c(Cl)ccc(N=[N+]=[N-])c1N. The van der Waals surface area contributed by atoms with E-state index in [1.54, 1.807) is 19.1 Å². The van der Waals surface area contributed by atoms with Crippen LogP contribution in [0.15, 0.2) is 17.2 Å². The molecule has 1 rings (SSSR count). The monoisotopic (exact) mass is 182 g/mol. The summed E-state index contributed by atoms with van der Waals surface area (Å²) in [5, 5.41) is 3.98. The van der Waals surface area contributed by atoms with Gasteiger partial charge in [-0.25, -0.2) is 0 Å². The zero-order chi connectivity index (χ0) is 9.14. The molecule has 0 aromatic heterocycles. The van der Waals surface area contributed by atoms with E-state index in [1.807, 2.05) is 0 Å². The van der Waals surface area contributed by atoms with Crippen LogP contribution in [0, 0.1) is 6.92 Å². The summed E-state index contributed by atoms with van der Waals surface area (Å²) in [6.45, 7) is 1.77. The molecule has 0 aliphatic heterocycles. The van der Waals surface area contributed by atoms with Crippen molar-refractivity contribution in [2.45, 2.75) is 6.92 Å². The first-order chi connectivity index (χ1) is 5.66. The summed E-state index contributed by atoms with van der Waals surface area (Å²) >= 11 is 5.77. The van der Waals surface area contributed by atoms with Crippen LogP contribution in [0.4, 0.5) is 11.4 Å². The van der Waals surface area contributed by atoms with E-state index in [0.29, 0.717) is 16.4 Å². The molecule has 12 heavy (non-hydrogen) atoms. The third-order valence-electron chi connectivity index (χ3n) is 1.58. The van der Waals surface area contributed by atoms with Crippen molar-refractivity contribution in [1.82, 2.24) is 0 Å². The van der Waals surface area contributed by atoms with Crippen molar-refractivity contribution in [3.05, 3.63) is 33.2 Å². The number of halogens is 1. The summed E-state index contributed by atoms with van der Waals surface area (Å²) in [6.07, 6.45) is 0. The van der Waals surface area contributed by atoms with Crippen molar-refractivity contribution < 1.29 is 0 Å². The molecule has 1 aromatic carbocycles. The molecular formula is C7H7ClN4. The molecule has 4 nitrogen and oxygen atoms in total. The van der Waals surface area contributed by atoms with Gasteiger partial charge in [-0.1, -0.05) is 16.7 Å². The zero-order valence-corrected chi connectivity index (χ0v) is 7.21. The van der Waals surface area contributed by atoms with Gasteiger partial charge in [-0.15, -0.1) is 0 Å². The molecule has 0 aliphatic carbocycles. The Labute approximate surface area is 74.6 Å². The maximum absolute atomic E-state index is 8.17. The lowest BCUT2D eigenvalue weighted by atomic mass is 10.2. The average molecular weight is 183 g/mol. The molecule has 0 unspecified atom stereocenters. The van der Waals surface area contributed by atoms with Gasteiger partial charge in [0.1, 0.15) is 0 Å². The maximum atomic E-state index is 8.17. The van der Waals surface area contributed by atoms with Gasteiger partial charge in [0, 0.05) is 15.6 Å². The minimum absolute atomic E-state index is 0.416. The van der Waals surface area contributed by atoms with E-state index in [0.717, 1.165) is 5.56 Å². The number of nitrogens with zero attached hydrogens (tertiary/aromatic N) is 3. The molecule has 0 atom stereocenters. The van der Waals surface area contributed by atoms with Gasteiger partial charge >= 0.3 is 0 Å². The molecule has 5 heteroatoms. The molecule has 0 saturated carbocycles. The first-order valence-corrected chi connectivity index (χ1v) is 3.64. The molecule has 0 saturated heterocycles. The normalized spacial score (nSPS) is 9.17. The van der Waals surface area contributed by atoms with E-state index in [-0.39, 0.29) is 0 Å². The molecule has 0 bridgehead atoms. The van der Waals surface area contributed by atoms with Crippen LogP contribution in [0.5, 0.6) is 0 Å². The summed E-state index contributed by atoms with van der Waals surface area (Å²) < 4.78 is 0. The summed E-state index contributed by atoms with van der Waals surface area (Å²) in [5.41, 5.74) is 15.4. The number of hydrogen-bond acceptors (Lipinski definition) is 2. The third-order valence-corrected chi connectivity index (χ3v) is 1.99. The second kappa shape index (κ2) is 3.34. The number of nitrogen functional groups attached to an aromatic ring is 1. The van der Waals surface area contributed by atoms with Crippen LogP contribution in [-0.2, 0) is 0 Å². The summed E-state index contributed by atoms with van der Waals surface area (Å²) in [5.74, 6) is 0. The fraction of sp³-hybridized carbons (Fsp3) is 0.143. The summed E-state index contributed by atoms with van der Waals surface area (Å²) in [7, 11) is 0. The van der Waals surface area contributed by atoms with Crippen molar-refractivity contribution in [2.24, 2.45) is 5.11 Å². The fourth-order valence-corrected chi connectivity index (χ4v) is 0.988. The lowest BCUT2D eigenvalue weighted by Crippen LogP contribution is -1.89. The van der Waals surface area contributed by atoms with Gasteiger partial charge in [0.15, 0.2) is 0 Å². The van der Waals surface area contributed by atoms with Gasteiger partial charge in [-0.05, 0) is 30.2 Å². The second-order valence-corrected chi connectivity index (χ2v) is 2.70. The van der Waals surface area contributed by atoms with Gasteiger partial charge in [0.2, 0.25) is 0 Å². The van der Waals surface area contributed by atoms with E-state index in [1.165, 1.54) is 0 Å². The standard InChI is InChI=1S/C7H7ClN4/c1-4-5(8)2-3-6(7(4)9)11-12-10/h2-3H,9H2,1H3. The van der Waals surface area contributed by atoms with Crippen LogP contribution >= 0.6 is 11.6 Å². The summed E-state index contributed by atoms with van der Waals surface area (Å²) in [4.78, 5) is 2.64. The third kappa shape index (κ3) is 1.44. The van der Waals surface area contributed by atoms with Gasteiger partial charge in [0.25, 0.3) is 0 Å². The predicted octanol–water partition coefficient (Wildman–Crippen LogP) is 3.17. The minimum Gasteiger partial charge on any atom is -0.398 e. The van der Waals surface area contributed by atoms with Gasteiger partial charge in [-0.2, -0.15) is 0 Å². The van der Waals surface area contributed by atoms with Crippen molar-refractivity contribution >= 4 is 23.0 Å². The van der Waals surface area contributed by atoms with Crippen molar-refractivity contribution in [1.29, 1.82) is 0 Å². The van der Waals surface area contributed by atoms with Gasteiger partial charge in [-0.3, -0.25) is 0 Å². The Hall–Kier alpha value is -1.38. The molecule has 62 valence electrons. The van der Waals surface area contributed by atoms with Crippen molar-refractivity contribution in [3.8, 4) is 0 Å². The van der Waals surface area contributed by atoms with E-state index in [2.05, 4.69) is 10.0 Å². The highest BCUT2D eigenvalue weighted by Crippen LogP contribution is 2.30. The minimum atomic E-state index is 0.416. The van der Waals surface area contributed by atoms with Crippen LogP contribution in [-0.4, -0.2) is 0 Å². The van der Waals surface area contributed by atoms with E-state index in [4.69, 9.17) is 22.9 Å². The van der Waals surface area contributed by atoms with Gasteiger partial charge < -0.3 is 5.73 Å². The second-order valence-electron chi connectivity index (χ2n) is 2.29. The number of nitrogens with two attached hydrogens (primary N) is 1. The molecule has 0 heterocycles. The smallest absolute Gasteiger partial charge is 0.0608 e. The van der Waals surface area contributed by atoms with Crippen LogP contribution in [0.3, 0.4) is 0 Å². The Bertz CT molecular complexity index is 355. The molecule has 2 N–H and O–H groups in total. The first-order valence-electron chi connectivity index (χ1n) is 3.26. The van der Waals surface area contributed by atoms with Crippen molar-refractivity contribution in [2.75, 3.05) is 5.73 Å². The van der Waals surface area contributed by atoms with Crippen molar-refractivity contribution in [3.63, 3.8) is 0 Å². The molecule has 0 aliphatic rings. The number of benzene rings is 1. The topological polar surface area (TPSA) is 74.8 Å². The Morgan fingerprint density at radius 2 is 2.25 bits per heavy atom. The van der Waals surface area contributed by atoms with Gasteiger partial charge in [0.05, 0.1) is 5.69 Å². The predicted molar refractivity (Wildman–Crippen MR) is 49.4 cm³/mol. The highest BCUT2D eigenvalue weighted by molar-refractivity contribution is 6.31. The maximum Gasteiger partial charge on any atom is 0.0608 e. The number of anilines is 1. The number of azide groups is 1. The molecule has 0 amide bonds. The first kappa shape index (κ1) is 8.71. The Kier molecular flexibility index (Phi) is 2.43. The van der Waals surface area contributed by atoms with Crippen LogP contribution in [0.25, 0.3) is 10.4 Å². The molecule has 0 radical (unpaired) electrons. The van der Waals surface area contributed by atoms with E-state index in [9.17, 15) is 0 Å². The van der Waals surface area contributed by atoms with Crippen LogP contribution < -0.4 is 5.73 Å². The molecule has 0 fully saturated rings. The number of rotatable bonds is 1. The Balaban J connectivity index is 3.35. The zero-order valence-electron chi connectivity index (χ0n) is 6.45. The Morgan fingerprint density at radius 3 is 2.83 bits per heavy atom. The lowest BCUT2D eigenvalue weighted by molar-refractivity contribution is 1.41. The molecule has 1 aromatic rings. The highest BCUT2D eigenvalue weighted by Gasteiger charge is 2.02. The highest BCUT2D eigenvalue weighted by atomic mass is 35.5. The van der Waals surface area contributed by atoms with E-state index >= 15 is 0 Å². The molecular weight excluding hydrogens is 176 g/mol. The fourth-order valence-electron chi connectivity index (χ4n) is 0.823. The molecule has 0 spiro atoms.